The summed E-state index contributed by atoms with van der Waals surface area (Å²) in [6, 6.07) is 5.34. The molecule has 0 N–H and O–H groups in total. The molecule has 0 radical (unpaired) electrons. The fourth-order valence-corrected chi connectivity index (χ4v) is 4.04. The molecule has 1 aliphatic carbocycles. The zero-order chi connectivity index (χ0) is 12.8. The highest BCUT2D eigenvalue weighted by molar-refractivity contribution is 7.11. The van der Waals surface area contributed by atoms with Gasteiger partial charge >= 0.3 is 0 Å². The second-order valence-corrected chi connectivity index (χ2v) is 6.80. The predicted molar refractivity (Wildman–Crippen MR) is 81.7 cm³/mol. The number of alkyl halides is 1. The van der Waals surface area contributed by atoms with Crippen LogP contribution in [-0.4, -0.2) is 23.4 Å². The molecule has 0 aliphatic heterocycles. The van der Waals surface area contributed by atoms with E-state index in [9.17, 15) is 0 Å². The monoisotopic (exact) mass is 285 g/mol. The Morgan fingerprint density at radius 2 is 1.94 bits per heavy atom. The summed E-state index contributed by atoms with van der Waals surface area (Å²) in [6.07, 6.45) is 8.10. The van der Waals surface area contributed by atoms with Crippen LogP contribution in [0.3, 0.4) is 0 Å². The normalized spacial score (nSPS) is 17.5. The minimum absolute atomic E-state index is 0.752. The van der Waals surface area contributed by atoms with Gasteiger partial charge in [-0.25, -0.2) is 0 Å². The molecule has 0 bridgehead atoms. The number of rotatable bonds is 6. The highest BCUT2D eigenvalue weighted by Gasteiger charge is 2.21. The molecule has 1 saturated carbocycles. The Morgan fingerprint density at radius 3 is 2.56 bits per heavy atom. The van der Waals surface area contributed by atoms with Crippen molar-refractivity contribution in [2.75, 3.05) is 12.4 Å². The summed E-state index contributed by atoms with van der Waals surface area (Å²) in [5.74, 6) is 0.752. The first-order valence-electron chi connectivity index (χ1n) is 7.21. The van der Waals surface area contributed by atoms with E-state index >= 15 is 0 Å². The smallest absolute Gasteiger partial charge is 0.0351 e. The summed E-state index contributed by atoms with van der Waals surface area (Å²) in [4.78, 5) is 5.61. The van der Waals surface area contributed by atoms with Gasteiger partial charge in [0.15, 0.2) is 0 Å². The van der Waals surface area contributed by atoms with Crippen molar-refractivity contribution in [3.8, 4) is 0 Å². The summed E-state index contributed by atoms with van der Waals surface area (Å²) in [7, 11) is 0. The van der Waals surface area contributed by atoms with Crippen LogP contribution in [0.4, 0.5) is 0 Å². The Hall–Kier alpha value is -0.0500. The second-order valence-electron chi connectivity index (χ2n) is 5.17. The van der Waals surface area contributed by atoms with Crippen LogP contribution < -0.4 is 0 Å². The van der Waals surface area contributed by atoms with Gasteiger partial charge in [0, 0.05) is 34.8 Å². The molecule has 102 valence electrons. The Labute approximate surface area is 120 Å². The van der Waals surface area contributed by atoms with E-state index in [1.54, 1.807) is 0 Å². The summed E-state index contributed by atoms with van der Waals surface area (Å²) >= 11 is 7.94. The summed E-state index contributed by atoms with van der Waals surface area (Å²) < 4.78 is 0. The van der Waals surface area contributed by atoms with Crippen LogP contribution in [-0.2, 0) is 13.0 Å². The molecule has 0 unspecified atom stereocenters. The predicted octanol–water partition coefficient (Wildman–Crippen LogP) is 4.68. The van der Waals surface area contributed by atoms with Crippen LogP contribution in [0.2, 0.25) is 0 Å². The maximum Gasteiger partial charge on any atom is 0.0351 e. The van der Waals surface area contributed by atoms with Crippen LogP contribution in [0.25, 0.3) is 0 Å². The van der Waals surface area contributed by atoms with Gasteiger partial charge in [-0.2, -0.15) is 0 Å². The minimum atomic E-state index is 0.752. The van der Waals surface area contributed by atoms with Gasteiger partial charge in [-0.05, 0) is 31.4 Å². The lowest BCUT2D eigenvalue weighted by molar-refractivity contribution is 0.158. The van der Waals surface area contributed by atoms with Gasteiger partial charge in [0.2, 0.25) is 0 Å². The largest absolute Gasteiger partial charge is 0.294 e. The Bertz CT molecular complexity index is 344. The van der Waals surface area contributed by atoms with Crippen LogP contribution in [0.1, 0.15) is 48.8 Å². The molecule has 1 aromatic heterocycles. The van der Waals surface area contributed by atoms with Crippen molar-refractivity contribution < 1.29 is 0 Å². The van der Waals surface area contributed by atoms with Gasteiger partial charge in [0.25, 0.3) is 0 Å². The SMILES string of the molecule is CCc1ccc(CN(CCCl)C2CCCCC2)s1. The van der Waals surface area contributed by atoms with Crippen molar-refractivity contribution in [3.05, 3.63) is 21.9 Å². The zero-order valence-electron chi connectivity index (χ0n) is 11.3. The van der Waals surface area contributed by atoms with Gasteiger partial charge in [0.1, 0.15) is 0 Å². The molecule has 0 saturated heterocycles. The van der Waals surface area contributed by atoms with Gasteiger partial charge in [-0.3, -0.25) is 4.90 Å². The third-order valence-electron chi connectivity index (χ3n) is 3.89. The Morgan fingerprint density at radius 1 is 1.22 bits per heavy atom. The van der Waals surface area contributed by atoms with Crippen molar-refractivity contribution in [2.24, 2.45) is 0 Å². The fraction of sp³-hybridized carbons (Fsp3) is 0.733. The van der Waals surface area contributed by atoms with E-state index < -0.39 is 0 Å². The van der Waals surface area contributed by atoms with E-state index in [2.05, 4.69) is 24.0 Å². The van der Waals surface area contributed by atoms with Crippen LogP contribution in [0.5, 0.6) is 0 Å². The zero-order valence-corrected chi connectivity index (χ0v) is 12.9. The van der Waals surface area contributed by atoms with Crippen LogP contribution in [0.15, 0.2) is 12.1 Å². The first-order chi connectivity index (χ1) is 8.83. The molecule has 1 heterocycles. The quantitative estimate of drug-likeness (QED) is 0.686. The third-order valence-corrected chi connectivity index (χ3v) is 5.27. The van der Waals surface area contributed by atoms with Gasteiger partial charge in [0.05, 0.1) is 0 Å². The van der Waals surface area contributed by atoms with Crippen molar-refractivity contribution in [1.29, 1.82) is 0 Å². The molecule has 0 amide bonds. The molecule has 1 nitrogen and oxygen atoms in total. The molecular formula is C15H24ClNS. The van der Waals surface area contributed by atoms with Crippen molar-refractivity contribution in [1.82, 2.24) is 4.90 Å². The second kappa shape index (κ2) is 7.52. The lowest BCUT2D eigenvalue weighted by Gasteiger charge is -2.33. The Kier molecular flexibility index (Phi) is 6.00. The average molecular weight is 286 g/mol. The van der Waals surface area contributed by atoms with E-state index in [0.717, 1.165) is 31.4 Å². The molecule has 1 fully saturated rings. The highest BCUT2D eigenvalue weighted by atomic mass is 35.5. The first-order valence-corrected chi connectivity index (χ1v) is 8.56. The number of aryl methyl sites for hydroxylation is 1. The average Bonchev–Trinajstić information content (AvgIpc) is 2.87. The first kappa shape index (κ1) is 14.4. The number of halogens is 1. The van der Waals surface area contributed by atoms with E-state index in [0.29, 0.717) is 0 Å². The summed E-state index contributed by atoms with van der Waals surface area (Å²) in [5.41, 5.74) is 0. The van der Waals surface area contributed by atoms with Crippen LogP contribution in [0, 0.1) is 0 Å². The molecule has 0 aromatic carbocycles. The standard InChI is InChI=1S/C15H24ClNS/c1-2-14-8-9-15(18-14)12-17(11-10-16)13-6-4-3-5-7-13/h8-9,13H,2-7,10-12H2,1H3. The number of nitrogens with zero attached hydrogens (tertiary/aromatic N) is 1. The van der Waals surface area contributed by atoms with E-state index in [-0.39, 0.29) is 0 Å². The topological polar surface area (TPSA) is 3.24 Å². The molecule has 3 heteroatoms. The van der Waals surface area contributed by atoms with Gasteiger partial charge in [-0.15, -0.1) is 22.9 Å². The van der Waals surface area contributed by atoms with E-state index in [1.165, 1.54) is 41.9 Å². The van der Waals surface area contributed by atoms with Gasteiger partial charge in [-0.1, -0.05) is 26.2 Å². The summed E-state index contributed by atoms with van der Waals surface area (Å²) in [5, 5.41) is 0. The molecule has 1 aliphatic rings. The fourth-order valence-electron chi connectivity index (χ4n) is 2.84. The number of thiophene rings is 1. The molecule has 0 atom stereocenters. The highest BCUT2D eigenvalue weighted by Crippen LogP contribution is 2.26. The maximum atomic E-state index is 5.98. The number of hydrogen-bond acceptors (Lipinski definition) is 2. The van der Waals surface area contributed by atoms with Crippen molar-refractivity contribution in [3.63, 3.8) is 0 Å². The van der Waals surface area contributed by atoms with Crippen LogP contribution >= 0.6 is 22.9 Å². The van der Waals surface area contributed by atoms with E-state index in [4.69, 9.17) is 11.6 Å². The van der Waals surface area contributed by atoms with E-state index in [1.807, 2.05) is 11.3 Å². The van der Waals surface area contributed by atoms with Crippen molar-refractivity contribution in [2.45, 2.75) is 58.0 Å². The molecule has 18 heavy (non-hydrogen) atoms. The maximum absolute atomic E-state index is 5.98. The lowest BCUT2D eigenvalue weighted by atomic mass is 9.94. The Balaban J connectivity index is 1.95. The molecule has 1 aromatic rings. The summed E-state index contributed by atoms with van der Waals surface area (Å²) in [6.45, 7) is 4.36. The third kappa shape index (κ3) is 3.97. The molecule has 0 spiro atoms. The van der Waals surface area contributed by atoms with Gasteiger partial charge < -0.3 is 0 Å². The lowest BCUT2D eigenvalue weighted by Crippen LogP contribution is -2.37. The number of hydrogen-bond donors (Lipinski definition) is 0. The molecular weight excluding hydrogens is 262 g/mol. The van der Waals surface area contributed by atoms with Crippen molar-refractivity contribution >= 4 is 22.9 Å². The minimum Gasteiger partial charge on any atom is -0.294 e. The molecule has 2 rings (SSSR count).